The third-order valence-electron chi connectivity index (χ3n) is 5.10. The van der Waals surface area contributed by atoms with E-state index in [0.717, 1.165) is 11.1 Å². The Kier molecular flexibility index (Phi) is 6.70. The van der Waals surface area contributed by atoms with E-state index in [1.165, 1.54) is 17.0 Å². The molecule has 1 saturated heterocycles. The van der Waals surface area contributed by atoms with Crippen molar-refractivity contribution < 1.29 is 26.9 Å². The predicted octanol–water partition coefficient (Wildman–Crippen LogP) is 4.81. The molecule has 3 rings (SSSR count). The van der Waals surface area contributed by atoms with Crippen molar-refractivity contribution in [3.05, 3.63) is 65.7 Å². The molecule has 0 bridgehead atoms. The molecule has 8 heteroatoms. The van der Waals surface area contributed by atoms with Gasteiger partial charge in [0, 0.05) is 0 Å². The van der Waals surface area contributed by atoms with E-state index < -0.39 is 39.7 Å². The molecule has 1 heterocycles. The number of aryl methyl sites for hydroxylation is 1. The molecule has 0 spiro atoms. The second-order valence-corrected chi connectivity index (χ2v) is 11.0. The van der Waals surface area contributed by atoms with Crippen molar-refractivity contribution in [3.8, 4) is 0 Å². The van der Waals surface area contributed by atoms with Gasteiger partial charge in [-0.3, -0.25) is 9.08 Å². The van der Waals surface area contributed by atoms with Crippen LogP contribution in [0.15, 0.2) is 59.5 Å². The molecule has 0 aromatic heterocycles. The Balaban J connectivity index is 1.93. The fourth-order valence-electron chi connectivity index (χ4n) is 3.67. The van der Waals surface area contributed by atoms with Gasteiger partial charge in [-0.25, -0.2) is 4.79 Å². The lowest BCUT2D eigenvalue weighted by atomic mass is 10.0. The molecule has 2 aromatic carbocycles. The molecule has 1 aliphatic heterocycles. The summed E-state index contributed by atoms with van der Waals surface area (Å²) in [6, 6.07) is 15.0. The third-order valence-corrected chi connectivity index (χ3v) is 6.39. The van der Waals surface area contributed by atoms with Gasteiger partial charge < -0.3 is 9.47 Å². The largest absolute Gasteiger partial charge is 0.444 e. The maximum Gasteiger partial charge on any atom is 0.413 e. The third kappa shape index (κ3) is 5.49. The summed E-state index contributed by atoms with van der Waals surface area (Å²) in [6.45, 7) is 10.4. The van der Waals surface area contributed by atoms with Crippen molar-refractivity contribution in [1.82, 2.24) is 4.90 Å². The first-order valence-electron chi connectivity index (χ1n) is 10.5. The zero-order valence-corrected chi connectivity index (χ0v) is 20.2. The van der Waals surface area contributed by atoms with Gasteiger partial charge in [-0.05, 0) is 59.2 Å². The molecule has 1 amide bonds. The summed E-state index contributed by atoms with van der Waals surface area (Å²) >= 11 is 0. The maximum atomic E-state index is 13.1. The average Bonchev–Trinajstić information content (AvgIpc) is 2.97. The molecular weight excluding hydrogens is 430 g/mol. The SMILES string of the molecule is Cc1ccc(S(=O)(=O)OC[C@@H]2[C@@H](c3ccccc3)OC(C)(C)N2C(=O)OC(C)(C)C)cc1. The zero-order chi connectivity index (χ0) is 23.7. The molecule has 2 atom stereocenters. The van der Waals surface area contributed by atoms with Crippen LogP contribution >= 0.6 is 0 Å². The van der Waals surface area contributed by atoms with Crippen LogP contribution in [0.4, 0.5) is 4.79 Å². The lowest BCUT2D eigenvalue weighted by Crippen LogP contribution is -2.51. The first-order chi connectivity index (χ1) is 14.8. The Labute approximate surface area is 190 Å². The zero-order valence-electron chi connectivity index (χ0n) is 19.4. The molecule has 0 radical (unpaired) electrons. The highest BCUT2D eigenvalue weighted by atomic mass is 32.2. The summed E-state index contributed by atoms with van der Waals surface area (Å²) in [5.74, 6) is 0. The summed E-state index contributed by atoms with van der Waals surface area (Å²) in [5, 5.41) is 0. The van der Waals surface area contributed by atoms with E-state index in [1.807, 2.05) is 37.3 Å². The van der Waals surface area contributed by atoms with E-state index in [4.69, 9.17) is 13.7 Å². The normalized spacial score (nSPS) is 20.9. The number of ether oxygens (including phenoxy) is 2. The highest BCUT2D eigenvalue weighted by Gasteiger charge is 2.52. The van der Waals surface area contributed by atoms with Crippen LogP contribution in [0.5, 0.6) is 0 Å². The van der Waals surface area contributed by atoms with Crippen molar-refractivity contribution in [2.75, 3.05) is 6.61 Å². The molecule has 0 saturated carbocycles. The minimum Gasteiger partial charge on any atom is -0.444 e. The standard InChI is InChI=1S/C24H31NO6S/c1-17-12-14-19(15-13-17)32(27,28)29-16-20-21(18-10-8-7-9-11-18)30-24(5,6)25(20)22(26)31-23(2,3)4/h7-15,20-21H,16H2,1-6H3/t20-,21-/m1/s1. The Morgan fingerprint density at radius 3 is 2.22 bits per heavy atom. The van der Waals surface area contributed by atoms with Crippen LogP contribution in [0.25, 0.3) is 0 Å². The van der Waals surface area contributed by atoms with Gasteiger partial charge in [0.05, 0.1) is 17.5 Å². The average molecular weight is 462 g/mol. The maximum absolute atomic E-state index is 13.1. The minimum atomic E-state index is -4.03. The summed E-state index contributed by atoms with van der Waals surface area (Å²) in [7, 11) is -4.03. The van der Waals surface area contributed by atoms with E-state index in [9.17, 15) is 13.2 Å². The van der Waals surface area contributed by atoms with Gasteiger partial charge in [-0.1, -0.05) is 48.0 Å². The van der Waals surface area contributed by atoms with E-state index >= 15 is 0 Å². The second kappa shape index (κ2) is 8.84. The highest BCUT2D eigenvalue weighted by molar-refractivity contribution is 7.86. The van der Waals surface area contributed by atoms with Gasteiger partial charge in [-0.2, -0.15) is 8.42 Å². The fraction of sp³-hybridized carbons (Fsp3) is 0.458. The quantitative estimate of drug-likeness (QED) is 0.594. The van der Waals surface area contributed by atoms with Gasteiger partial charge in [0.15, 0.2) is 0 Å². The van der Waals surface area contributed by atoms with Crippen LogP contribution in [0.1, 0.15) is 51.8 Å². The molecule has 174 valence electrons. The van der Waals surface area contributed by atoms with E-state index in [-0.39, 0.29) is 11.5 Å². The lowest BCUT2D eigenvalue weighted by Gasteiger charge is -2.34. The van der Waals surface area contributed by atoms with Gasteiger partial charge in [0.25, 0.3) is 10.1 Å². The number of benzene rings is 2. The number of carbonyl (C=O) groups is 1. The molecule has 2 aromatic rings. The number of carbonyl (C=O) groups excluding carboxylic acids is 1. The monoisotopic (exact) mass is 461 g/mol. The lowest BCUT2D eigenvalue weighted by molar-refractivity contribution is -0.0799. The molecule has 1 aliphatic rings. The summed E-state index contributed by atoms with van der Waals surface area (Å²) in [4.78, 5) is 14.6. The number of amides is 1. The Morgan fingerprint density at radius 2 is 1.66 bits per heavy atom. The molecule has 7 nitrogen and oxygen atoms in total. The van der Waals surface area contributed by atoms with Crippen molar-refractivity contribution in [2.24, 2.45) is 0 Å². The Morgan fingerprint density at radius 1 is 1.06 bits per heavy atom. The highest BCUT2D eigenvalue weighted by Crippen LogP contribution is 2.42. The molecule has 0 N–H and O–H groups in total. The number of hydrogen-bond donors (Lipinski definition) is 0. The number of rotatable bonds is 5. The number of nitrogens with zero attached hydrogens (tertiary/aromatic N) is 1. The van der Waals surface area contributed by atoms with Crippen LogP contribution in [0, 0.1) is 6.92 Å². The summed E-state index contributed by atoms with van der Waals surface area (Å²) in [5.41, 5.74) is -0.00916. The smallest absolute Gasteiger partial charge is 0.413 e. The minimum absolute atomic E-state index is 0.0568. The van der Waals surface area contributed by atoms with Gasteiger partial charge in [-0.15, -0.1) is 0 Å². The van der Waals surface area contributed by atoms with Crippen molar-refractivity contribution in [2.45, 2.75) is 69.9 Å². The van der Waals surface area contributed by atoms with Crippen molar-refractivity contribution >= 4 is 16.2 Å². The second-order valence-electron chi connectivity index (χ2n) is 9.37. The van der Waals surface area contributed by atoms with Gasteiger partial charge in [0.2, 0.25) is 0 Å². The van der Waals surface area contributed by atoms with Crippen molar-refractivity contribution in [3.63, 3.8) is 0 Å². The van der Waals surface area contributed by atoms with Crippen LogP contribution in [-0.2, 0) is 23.8 Å². The molecular formula is C24H31NO6S. The van der Waals surface area contributed by atoms with E-state index in [2.05, 4.69) is 0 Å². The summed E-state index contributed by atoms with van der Waals surface area (Å²) in [6.07, 6.45) is -1.19. The van der Waals surface area contributed by atoms with E-state index in [1.54, 1.807) is 46.8 Å². The van der Waals surface area contributed by atoms with E-state index in [0.29, 0.717) is 0 Å². The van der Waals surface area contributed by atoms with Gasteiger partial charge in [0.1, 0.15) is 17.4 Å². The molecule has 0 aliphatic carbocycles. The van der Waals surface area contributed by atoms with Crippen LogP contribution in [0.3, 0.4) is 0 Å². The molecule has 32 heavy (non-hydrogen) atoms. The Hall–Kier alpha value is -2.42. The molecule has 1 fully saturated rings. The fourth-order valence-corrected chi connectivity index (χ4v) is 4.60. The van der Waals surface area contributed by atoms with Crippen LogP contribution < -0.4 is 0 Å². The van der Waals surface area contributed by atoms with Gasteiger partial charge >= 0.3 is 6.09 Å². The molecule has 0 unspecified atom stereocenters. The van der Waals surface area contributed by atoms with Crippen LogP contribution in [-0.4, -0.2) is 43.4 Å². The first kappa shape index (κ1) is 24.2. The topological polar surface area (TPSA) is 82.1 Å². The number of hydrogen-bond acceptors (Lipinski definition) is 6. The van der Waals surface area contributed by atoms with Crippen LogP contribution in [0.2, 0.25) is 0 Å². The Bertz CT molecular complexity index is 1040. The predicted molar refractivity (Wildman–Crippen MR) is 121 cm³/mol. The van der Waals surface area contributed by atoms with Crippen molar-refractivity contribution in [1.29, 1.82) is 0 Å². The summed E-state index contributed by atoms with van der Waals surface area (Å²) < 4.78 is 42.9. The first-order valence-corrected chi connectivity index (χ1v) is 11.9.